The lowest BCUT2D eigenvalue weighted by molar-refractivity contribution is -0.121. The van der Waals surface area contributed by atoms with Crippen molar-refractivity contribution >= 4 is 49.6 Å². The molecule has 3 aromatic rings. The molecule has 33 heavy (non-hydrogen) atoms. The first-order valence-electron chi connectivity index (χ1n) is 10.7. The zero-order valence-corrected chi connectivity index (χ0v) is 21.1. The van der Waals surface area contributed by atoms with Gasteiger partial charge in [0.2, 0.25) is 0 Å². The van der Waals surface area contributed by atoms with Gasteiger partial charge in [0.1, 0.15) is 11.4 Å². The molecule has 1 aromatic carbocycles. The third-order valence-corrected chi connectivity index (χ3v) is 7.29. The van der Waals surface area contributed by atoms with E-state index in [0.717, 1.165) is 34.1 Å². The standard InChI is InChI=1S/C23H25BrN4O4S/c1-4-32-21-16(24)8-14(9-17(21)31-3)10-26-27-19(29)11-28-12-25-22-20(23(28)30)15-6-5-13(2)7-18(15)33-22/h8-10,12-13H,4-7,11H2,1-3H3,(H,27,29). The second kappa shape index (κ2) is 10.0. The van der Waals surface area contributed by atoms with E-state index in [-0.39, 0.29) is 12.1 Å². The summed E-state index contributed by atoms with van der Waals surface area (Å²) >= 11 is 5.05. The Morgan fingerprint density at radius 3 is 3.03 bits per heavy atom. The average Bonchev–Trinajstić information content (AvgIpc) is 3.15. The number of thiophene rings is 1. The number of benzene rings is 1. The minimum Gasteiger partial charge on any atom is -0.493 e. The molecule has 4 rings (SSSR count). The Morgan fingerprint density at radius 1 is 1.45 bits per heavy atom. The topological polar surface area (TPSA) is 94.8 Å². The predicted molar refractivity (Wildman–Crippen MR) is 133 cm³/mol. The molecule has 174 valence electrons. The summed E-state index contributed by atoms with van der Waals surface area (Å²) < 4.78 is 13.0. The van der Waals surface area contributed by atoms with Gasteiger partial charge in [-0.2, -0.15) is 5.10 Å². The second-order valence-corrected chi connectivity index (χ2v) is 9.91. The van der Waals surface area contributed by atoms with Crippen LogP contribution in [0.3, 0.4) is 0 Å². The lowest BCUT2D eigenvalue weighted by Crippen LogP contribution is -2.30. The lowest BCUT2D eigenvalue weighted by Gasteiger charge is -2.17. The van der Waals surface area contributed by atoms with Crippen molar-refractivity contribution in [2.24, 2.45) is 11.0 Å². The van der Waals surface area contributed by atoms with Gasteiger partial charge >= 0.3 is 0 Å². The summed E-state index contributed by atoms with van der Waals surface area (Å²) in [6.45, 7) is 4.47. The Hall–Kier alpha value is -2.72. The Labute approximate surface area is 203 Å². The molecule has 2 heterocycles. The number of aromatic nitrogens is 2. The molecule has 1 N–H and O–H groups in total. The Kier molecular flexibility index (Phi) is 7.14. The molecule has 1 aliphatic carbocycles. The van der Waals surface area contributed by atoms with E-state index in [4.69, 9.17) is 9.47 Å². The number of nitrogens with zero attached hydrogens (tertiary/aromatic N) is 3. The van der Waals surface area contributed by atoms with Gasteiger partial charge in [-0.1, -0.05) is 6.92 Å². The van der Waals surface area contributed by atoms with Gasteiger partial charge < -0.3 is 9.47 Å². The maximum absolute atomic E-state index is 13.0. The SMILES string of the molecule is CCOc1c(Br)cc(C=NNC(=O)Cn2cnc3sc4c(c3c2=O)CCC(C)C4)cc1OC. The molecule has 0 saturated carbocycles. The van der Waals surface area contributed by atoms with Gasteiger partial charge in [-0.3, -0.25) is 14.2 Å². The number of ether oxygens (including phenoxy) is 2. The fourth-order valence-corrected chi connectivity index (χ4v) is 5.86. The largest absolute Gasteiger partial charge is 0.493 e. The van der Waals surface area contributed by atoms with Gasteiger partial charge in [-0.15, -0.1) is 11.3 Å². The predicted octanol–water partition coefficient (Wildman–Crippen LogP) is 3.90. The highest BCUT2D eigenvalue weighted by molar-refractivity contribution is 9.10. The number of hydrogen-bond donors (Lipinski definition) is 1. The number of amides is 1. The molecule has 0 saturated heterocycles. The van der Waals surface area contributed by atoms with Crippen molar-refractivity contribution in [3.05, 3.63) is 49.3 Å². The molecule has 0 spiro atoms. The number of carbonyl (C=O) groups is 1. The highest BCUT2D eigenvalue weighted by Gasteiger charge is 2.23. The molecule has 0 fully saturated rings. The summed E-state index contributed by atoms with van der Waals surface area (Å²) in [6.07, 6.45) is 5.87. The average molecular weight is 533 g/mol. The first kappa shape index (κ1) is 23.4. The van der Waals surface area contributed by atoms with Gasteiger partial charge in [0.25, 0.3) is 11.5 Å². The van der Waals surface area contributed by atoms with Gasteiger partial charge in [-0.25, -0.2) is 10.4 Å². The fraction of sp³-hybridized carbons (Fsp3) is 0.391. The summed E-state index contributed by atoms with van der Waals surface area (Å²) in [4.78, 5) is 31.9. The molecular weight excluding hydrogens is 508 g/mol. The highest BCUT2D eigenvalue weighted by atomic mass is 79.9. The van der Waals surface area contributed by atoms with Crippen molar-refractivity contribution in [1.29, 1.82) is 0 Å². The molecule has 0 radical (unpaired) electrons. The van der Waals surface area contributed by atoms with Crippen LogP contribution in [0.2, 0.25) is 0 Å². The van der Waals surface area contributed by atoms with Crippen molar-refractivity contribution in [3.8, 4) is 11.5 Å². The number of methoxy groups -OCH3 is 1. The summed E-state index contributed by atoms with van der Waals surface area (Å²) in [5.41, 5.74) is 4.11. The number of hydrazone groups is 1. The number of hydrogen-bond acceptors (Lipinski definition) is 7. The lowest BCUT2D eigenvalue weighted by atomic mass is 9.89. The quantitative estimate of drug-likeness (QED) is 0.367. The highest BCUT2D eigenvalue weighted by Crippen LogP contribution is 2.36. The van der Waals surface area contributed by atoms with E-state index in [0.29, 0.717) is 35.0 Å². The molecule has 1 unspecified atom stereocenters. The van der Waals surface area contributed by atoms with Gasteiger partial charge in [-0.05, 0) is 71.3 Å². The van der Waals surface area contributed by atoms with Crippen LogP contribution in [0.25, 0.3) is 10.2 Å². The number of nitrogens with one attached hydrogen (secondary N) is 1. The molecule has 8 nitrogen and oxygen atoms in total. The van der Waals surface area contributed by atoms with E-state index >= 15 is 0 Å². The number of halogens is 1. The fourth-order valence-electron chi connectivity index (χ4n) is 3.95. The number of fused-ring (bicyclic) bond motifs is 3. The van der Waals surface area contributed by atoms with Gasteiger partial charge in [0, 0.05) is 4.88 Å². The normalized spacial score (nSPS) is 15.6. The summed E-state index contributed by atoms with van der Waals surface area (Å²) in [6, 6.07) is 3.57. The zero-order chi connectivity index (χ0) is 23.5. The third-order valence-electron chi connectivity index (χ3n) is 5.54. The smallest absolute Gasteiger partial charge is 0.262 e. The summed E-state index contributed by atoms with van der Waals surface area (Å²) in [5.74, 6) is 1.36. The Bertz CT molecular complexity index is 1280. The molecule has 0 aliphatic heterocycles. The van der Waals surface area contributed by atoms with E-state index in [1.807, 2.05) is 13.0 Å². The molecule has 1 atom stereocenters. The van der Waals surface area contributed by atoms with Gasteiger partial charge in [0.05, 0.1) is 36.1 Å². The zero-order valence-electron chi connectivity index (χ0n) is 18.7. The minimum absolute atomic E-state index is 0.156. The van der Waals surface area contributed by atoms with E-state index in [2.05, 4.69) is 38.4 Å². The molecule has 10 heteroatoms. The van der Waals surface area contributed by atoms with Crippen LogP contribution in [0.5, 0.6) is 11.5 Å². The monoisotopic (exact) mass is 532 g/mol. The summed E-state index contributed by atoms with van der Waals surface area (Å²) in [5, 5.41) is 4.67. The van der Waals surface area contributed by atoms with E-state index in [1.54, 1.807) is 24.5 Å². The van der Waals surface area contributed by atoms with Crippen LogP contribution in [0, 0.1) is 5.92 Å². The van der Waals surface area contributed by atoms with Crippen LogP contribution in [-0.2, 0) is 24.2 Å². The maximum Gasteiger partial charge on any atom is 0.262 e. The summed E-state index contributed by atoms with van der Waals surface area (Å²) in [7, 11) is 1.56. The molecule has 2 aromatic heterocycles. The van der Waals surface area contributed by atoms with E-state index < -0.39 is 5.91 Å². The first-order valence-corrected chi connectivity index (χ1v) is 12.3. The van der Waals surface area contributed by atoms with E-state index in [9.17, 15) is 9.59 Å². The van der Waals surface area contributed by atoms with Crippen molar-refractivity contribution in [1.82, 2.24) is 15.0 Å². The van der Waals surface area contributed by atoms with Crippen molar-refractivity contribution in [3.63, 3.8) is 0 Å². The second-order valence-electron chi connectivity index (χ2n) is 7.97. The number of carbonyl (C=O) groups excluding carboxylic acids is 1. The van der Waals surface area contributed by atoms with E-state index in [1.165, 1.54) is 22.0 Å². The number of aryl methyl sites for hydroxylation is 1. The van der Waals surface area contributed by atoms with Crippen LogP contribution in [0.1, 0.15) is 36.3 Å². The Morgan fingerprint density at radius 2 is 2.27 bits per heavy atom. The van der Waals surface area contributed by atoms with Crippen molar-refractivity contribution in [2.75, 3.05) is 13.7 Å². The van der Waals surface area contributed by atoms with Crippen LogP contribution < -0.4 is 20.5 Å². The number of rotatable bonds is 7. The van der Waals surface area contributed by atoms with Gasteiger partial charge in [0.15, 0.2) is 11.5 Å². The molecule has 1 aliphatic rings. The minimum atomic E-state index is -0.413. The maximum atomic E-state index is 13.0. The third kappa shape index (κ3) is 4.96. The van der Waals surface area contributed by atoms with Crippen LogP contribution in [-0.4, -0.2) is 35.4 Å². The Balaban J connectivity index is 1.47. The molecule has 1 amide bonds. The van der Waals surface area contributed by atoms with Crippen LogP contribution >= 0.6 is 27.3 Å². The van der Waals surface area contributed by atoms with Crippen LogP contribution in [0.4, 0.5) is 0 Å². The van der Waals surface area contributed by atoms with Crippen molar-refractivity contribution < 1.29 is 14.3 Å². The molecule has 0 bridgehead atoms. The first-order chi connectivity index (χ1) is 15.9. The van der Waals surface area contributed by atoms with Crippen molar-refractivity contribution in [2.45, 2.75) is 39.7 Å². The molecular formula is C23H25BrN4O4S. The van der Waals surface area contributed by atoms with Crippen LogP contribution in [0.15, 0.2) is 32.8 Å².